The predicted octanol–water partition coefficient (Wildman–Crippen LogP) is -2.97. The van der Waals surface area contributed by atoms with Crippen LogP contribution in [0.4, 0.5) is 0 Å². The minimum absolute atomic E-state index is 0.198. The summed E-state index contributed by atoms with van der Waals surface area (Å²) in [4.78, 5) is 0. The first-order valence-corrected chi connectivity index (χ1v) is 3.55. The highest BCUT2D eigenvalue weighted by atomic mass is 16.4. The molecule has 0 spiro atoms. The molecule has 1 aliphatic heterocycles. The molecule has 0 saturated carbocycles. The molecule has 0 amide bonds. The average Bonchev–Trinajstić information content (AvgIpc) is 2.01. The van der Waals surface area contributed by atoms with E-state index in [2.05, 4.69) is 5.32 Å². The van der Waals surface area contributed by atoms with Crippen molar-refractivity contribution in [1.29, 1.82) is 0 Å². The van der Waals surface area contributed by atoms with E-state index in [4.69, 9.17) is 15.3 Å². The topological polar surface area (TPSA) is 93.0 Å². The molecule has 2 unspecified atom stereocenters. The third-order valence-corrected chi connectivity index (χ3v) is 1.94. The van der Waals surface area contributed by atoms with Crippen molar-refractivity contribution in [2.75, 3.05) is 13.2 Å². The number of hydrogen-bond donors (Lipinski definition) is 5. The maximum absolute atomic E-state index is 9.18. The van der Waals surface area contributed by atoms with Crippen LogP contribution in [0, 0.1) is 0 Å². The van der Waals surface area contributed by atoms with Crippen LogP contribution in [0.25, 0.3) is 0 Å². The number of aliphatic hydroxyl groups is 4. The lowest BCUT2D eigenvalue weighted by atomic mass is 9.97. The predicted molar refractivity (Wildman–Crippen MR) is 36.9 cm³/mol. The number of nitrogens with one attached hydrogen (secondary N) is 1. The fourth-order valence-corrected chi connectivity index (χ4v) is 1.15. The second kappa shape index (κ2) is 3.46. The Kier molecular flexibility index (Phi) is 2.80. The van der Waals surface area contributed by atoms with Crippen molar-refractivity contribution in [3.63, 3.8) is 0 Å². The molecule has 5 N–H and O–H groups in total. The Morgan fingerprint density at radius 1 is 1.18 bits per heavy atom. The maximum Gasteiger partial charge on any atom is 0.109 e. The van der Waals surface area contributed by atoms with Crippen molar-refractivity contribution in [2.24, 2.45) is 0 Å². The molecule has 1 aliphatic rings. The molecule has 0 aliphatic carbocycles. The molecule has 5 heteroatoms. The maximum atomic E-state index is 9.18. The summed E-state index contributed by atoms with van der Waals surface area (Å²) in [5.74, 6) is 0. The van der Waals surface area contributed by atoms with Crippen LogP contribution in [0.1, 0.15) is 0 Å². The van der Waals surface area contributed by atoms with Crippen LogP contribution < -0.4 is 5.32 Å². The van der Waals surface area contributed by atoms with Crippen molar-refractivity contribution in [2.45, 2.75) is 24.4 Å². The Morgan fingerprint density at radius 2 is 1.82 bits per heavy atom. The van der Waals surface area contributed by atoms with Gasteiger partial charge in [-0.1, -0.05) is 0 Å². The molecule has 1 saturated heterocycles. The lowest BCUT2D eigenvalue weighted by Gasteiger charge is -2.34. The Balaban J connectivity index is 2.52. The van der Waals surface area contributed by atoms with E-state index in [0.717, 1.165) is 0 Å². The van der Waals surface area contributed by atoms with E-state index >= 15 is 0 Å². The van der Waals surface area contributed by atoms with Crippen LogP contribution in [0.2, 0.25) is 0 Å². The van der Waals surface area contributed by atoms with Gasteiger partial charge in [-0.2, -0.15) is 0 Å². The van der Waals surface area contributed by atoms with Gasteiger partial charge in [0.05, 0.1) is 24.9 Å². The average molecular weight is 163 g/mol. The number of piperidine rings is 1. The van der Waals surface area contributed by atoms with Gasteiger partial charge in [0.2, 0.25) is 0 Å². The van der Waals surface area contributed by atoms with Crippen molar-refractivity contribution in [1.82, 2.24) is 5.32 Å². The highest BCUT2D eigenvalue weighted by molar-refractivity contribution is 4.91. The van der Waals surface area contributed by atoms with Gasteiger partial charge in [-0.3, -0.25) is 0 Å². The summed E-state index contributed by atoms with van der Waals surface area (Å²) in [5.41, 5.74) is 0. The standard InChI is InChI=1S/C6H13NO4/c8-2-3-5(10)6(11)4(9)1-7-3/h3-11H,1-2H2/t3?,4?,5-,6-/m1/s1. The van der Waals surface area contributed by atoms with E-state index in [-0.39, 0.29) is 13.2 Å². The quantitative estimate of drug-likeness (QED) is 0.285. The molecule has 1 heterocycles. The van der Waals surface area contributed by atoms with Gasteiger partial charge in [-0.15, -0.1) is 0 Å². The van der Waals surface area contributed by atoms with Crippen LogP contribution in [-0.2, 0) is 0 Å². The summed E-state index contributed by atoms with van der Waals surface area (Å²) in [5, 5.41) is 38.6. The van der Waals surface area contributed by atoms with Gasteiger partial charge in [-0.25, -0.2) is 0 Å². The molecule has 0 bridgehead atoms. The van der Waals surface area contributed by atoms with Gasteiger partial charge in [0.25, 0.3) is 0 Å². The van der Waals surface area contributed by atoms with Crippen LogP contribution in [0.5, 0.6) is 0 Å². The molecule has 4 atom stereocenters. The molecular weight excluding hydrogens is 150 g/mol. The molecule has 5 nitrogen and oxygen atoms in total. The smallest absolute Gasteiger partial charge is 0.109 e. The lowest BCUT2D eigenvalue weighted by molar-refractivity contribution is -0.101. The Morgan fingerprint density at radius 3 is 2.36 bits per heavy atom. The van der Waals surface area contributed by atoms with Crippen LogP contribution in [0.3, 0.4) is 0 Å². The highest BCUT2D eigenvalue weighted by Gasteiger charge is 2.35. The number of β-amino-alcohol motifs (C(OH)–C–C–N with tert-alkyl or cyclic N) is 1. The minimum Gasteiger partial charge on any atom is -0.395 e. The van der Waals surface area contributed by atoms with Crippen LogP contribution in [-0.4, -0.2) is 57.9 Å². The molecule has 0 aromatic heterocycles. The van der Waals surface area contributed by atoms with E-state index in [1.807, 2.05) is 0 Å². The van der Waals surface area contributed by atoms with Crippen molar-refractivity contribution in [3.05, 3.63) is 0 Å². The third-order valence-electron chi connectivity index (χ3n) is 1.94. The van der Waals surface area contributed by atoms with Gasteiger partial charge < -0.3 is 25.7 Å². The fourth-order valence-electron chi connectivity index (χ4n) is 1.15. The van der Waals surface area contributed by atoms with E-state index < -0.39 is 24.4 Å². The molecule has 1 rings (SSSR count). The second-order valence-electron chi connectivity index (χ2n) is 2.75. The van der Waals surface area contributed by atoms with E-state index in [0.29, 0.717) is 0 Å². The number of hydrogen-bond acceptors (Lipinski definition) is 5. The van der Waals surface area contributed by atoms with Crippen molar-refractivity contribution < 1.29 is 20.4 Å². The summed E-state index contributed by atoms with van der Waals surface area (Å²) < 4.78 is 0. The monoisotopic (exact) mass is 163 g/mol. The van der Waals surface area contributed by atoms with Gasteiger partial charge in [-0.05, 0) is 0 Å². The normalized spacial score (nSPS) is 45.8. The summed E-state index contributed by atoms with van der Waals surface area (Å²) >= 11 is 0. The molecule has 11 heavy (non-hydrogen) atoms. The SMILES string of the molecule is OCC1NCC(O)[C@@H](O)[C@@H]1O. The zero-order valence-electron chi connectivity index (χ0n) is 6.01. The van der Waals surface area contributed by atoms with Crippen molar-refractivity contribution in [3.8, 4) is 0 Å². The van der Waals surface area contributed by atoms with Gasteiger partial charge in [0.15, 0.2) is 0 Å². The van der Waals surface area contributed by atoms with E-state index in [1.165, 1.54) is 0 Å². The fraction of sp³-hybridized carbons (Fsp3) is 1.00. The zero-order valence-corrected chi connectivity index (χ0v) is 6.01. The van der Waals surface area contributed by atoms with E-state index in [9.17, 15) is 5.11 Å². The largest absolute Gasteiger partial charge is 0.395 e. The third kappa shape index (κ3) is 1.69. The van der Waals surface area contributed by atoms with Gasteiger partial charge in [0.1, 0.15) is 6.10 Å². The molecule has 0 radical (unpaired) electrons. The van der Waals surface area contributed by atoms with Crippen LogP contribution >= 0.6 is 0 Å². The molecule has 0 aromatic carbocycles. The Bertz CT molecular complexity index is 130. The lowest BCUT2D eigenvalue weighted by Crippen LogP contribution is -2.60. The van der Waals surface area contributed by atoms with Gasteiger partial charge in [0, 0.05) is 6.54 Å². The molecule has 1 fully saturated rings. The first-order valence-electron chi connectivity index (χ1n) is 3.55. The summed E-state index contributed by atoms with van der Waals surface area (Å²) in [7, 11) is 0. The number of aliphatic hydroxyl groups excluding tert-OH is 4. The minimum atomic E-state index is -1.16. The second-order valence-corrected chi connectivity index (χ2v) is 2.75. The van der Waals surface area contributed by atoms with Gasteiger partial charge >= 0.3 is 0 Å². The number of rotatable bonds is 1. The molecular formula is C6H13NO4. The summed E-state index contributed by atoms with van der Waals surface area (Å²) in [6, 6.07) is -0.534. The highest BCUT2D eigenvalue weighted by Crippen LogP contribution is 2.09. The first kappa shape index (κ1) is 8.89. The van der Waals surface area contributed by atoms with Crippen molar-refractivity contribution >= 4 is 0 Å². The summed E-state index contributed by atoms with van der Waals surface area (Å²) in [6.45, 7) is -0.0472. The first-order chi connectivity index (χ1) is 5.16. The Hall–Kier alpha value is -0.200. The van der Waals surface area contributed by atoms with Crippen LogP contribution in [0.15, 0.2) is 0 Å². The summed E-state index contributed by atoms with van der Waals surface area (Å²) in [6.07, 6.45) is -3.20. The van der Waals surface area contributed by atoms with E-state index in [1.54, 1.807) is 0 Å². The molecule has 66 valence electrons. The zero-order chi connectivity index (χ0) is 8.43. The Labute approximate surface area is 64.3 Å². The molecule has 0 aromatic rings.